The third-order valence-electron chi connectivity index (χ3n) is 2.56. The van der Waals surface area contributed by atoms with Gasteiger partial charge in [-0.2, -0.15) is 0 Å². The van der Waals surface area contributed by atoms with Gasteiger partial charge in [0.25, 0.3) is 5.56 Å². The Morgan fingerprint density at radius 3 is 3.00 bits per heavy atom. The van der Waals surface area contributed by atoms with Crippen LogP contribution >= 0.6 is 0 Å². The van der Waals surface area contributed by atoms with Gasteiger partial charge >= 0.3 is 0 Å². The highest BCUT2D eigenvalue weighted by molar-refractivity contribution is 5.88. The third kappa shape index (κ3) is 2.15. The van der Waals surface area contributed by atoms with Gasteiger partial charge in [0.1, 0.15) is 11.0 Å². The highest BCUT2D eigenvalue weighted by atomic mass is 16.3. The smallest absolute Gasteiger partial charge is 0.275 e. The zero-order valence-electron chi connectivity index (χ0n) is 9.34. The van der Waals surface area contributed by atoms with E-state index in [4.69, 9.17) is 5.11 Å². The number of likely N-dealkylation sites (N-methyl/N-ethyl adjacent to an activating group) is 1. The summed E-state index contributed by atoms with van der Waals surface area (Å²) in [6.45, 7) is -0.0430. The van der Waals surface area contributed by atoms with Crippen molar-refractivity contribution in [2.45, 2.75) is 6.10 Å². The lowest BCUT2D eigenvalue weighted by molar-refractivity contribution is 0.101. The summed E-state index contributed by atoms with van der Waals surface area (Å²) < 4.78 is 0. The van der Waals surface area contributed by atoms with E-state index in [2.05, 4.69) is 15.0 Å². The quantitative estimate of drug-likeness (QED) is 0.549. The summed E-state index contributed by atoms with van der Waals surface area (Å²) in [5.74, 6) is 0. The van der Waals surface area contributed by atoms with Gasteiger partial charge in [0.05, 0.1) is 24.7 Å². The van der Waals surface area contributed by atoms with Crippen molar-refractivity contribution in [2.24, 2.45) is 0 Å². The van der Waals surface area contributed by atoms with Crippen molar-refractivity contribution in [1.29, 1.82) is 0 Å². The fourth-order valence-corrected chi connectivity index (χ4v) is 1.70. The lowest BCUT2D eigenvalue weighted by Gasteiger charge is -2.20. The Labute approximate surface area is 96.7 Å². The first-order valence-electron chi connectivity index (χ1n) is 5.18. The van der Waals surface area contributed by atoms with E-state index < -0.39 is 6.10 Å². The molecule has 0 aliphatic heterocycles. The highest BCUT2D eigenvalue weighted by Crippen LogP contribution is 2.21. The van der Waals surface area contributed by atoms with Gasteiger partial charge in [-0.25, -0.2) is 4.98 Å². The van der Waals surface area contributed by atoms with Crippen molar-refractivity contribution in [1.82, 2.24) is 15.0 Å². The Morgan fingerprint density at radius 1 is 1.53 bits per heavy atom. The van der Waals surface area contributed by atoms with Crippen LogP contribution in [-0.2, 0) is 0 Å². The van der Waals surface area contributed by atoms with Crippen LogP contribution in [-0.4, -0.2) is 51.5 Å². The minimum absolute atomic E-state index is 0.239. The molecule has 0 saturated heterocycles. The average molecular weight is 238 g/mol. The summed E-state index contributed by atoms with van der Waals surface area (Å²) in [5.41, 5.74) is 1.41. The first-order valence-corrected chi connectivity index (χ1v) is 5.18. The van der Waals surface area contributed by atoms with Crippen LogP contribution in [0.5, 0.6) is 0 Å². The van der Waals surface area contributed by atoms with Crippen molar-refractivity contribution in [3.05, 3.63) is 22.9 Å². The van der Waals surface area contributed by atoms with Gasteiger partial charge in [-0.15, -0.1) is 0 Å². The standard InChI is InChI=1S/C10H14N4O3/c1-14(3-6(16)4-15)7-2-11-9-8(7)12-5-13-10(9)17/h2,5-6,11,15-16H,3-4H2,1H3,(H,12,13,17). The van der Waals surface area contributed by atoms with Gasteiger partial charge in [0.2, 0.25) is 0 Å². The zero-order chi connectivity index (χ0) is 12.4. The number of hydrogen-bond acceptors (Lipinski definition) is 5. The predicted molar refractivity (Wildman–Crippen MR) is 63.1 cm³/mol. The van der Waals surface area contributed by atoms with E-state index in [-0.39, 0.29) is 18.7 Å². The minimum Gasteiger partial charge on any atom is -0.394 e. The number of aliphatic hydroxyl groups is 2. The molecule has 0 aliphatic carbocycles. The third-order valence-corrected chi connectivity index (χ3v) is 2.56. The normalized spacial score (nSPS) is 12.9. The summed E-state index contributed by atoms with van der Waals surface area (Å²) in [5, 5.41) is 18.1. The van der Waals surface area contributed by atoms with Crippen molar-refractivity contribution >= 4 is 16.7 Å². The lowest BCUT2D eigenvalue weighted by atomic mass is 10.3. The number of aromatic nitrogens is 3. The van der Waals surface area contributed by atoms with E-state index in [0.717, 1.165) is 0 Å². The molecule has 2 heterocycles. The van der Waals surface area contributed by atoms with Gasteiger partial charge in [-0.05, 0) is 0 Å². The Bertz CT molecular complexity index is 562. The van der Waals surface area contributed by atoms with Crippen LogP contribution < -0.4 is 10.5 Å². The van der Waals surface area contributed by atoms with E-state index >= 15 is 0 Å². The molecule has 0 bridgehead atoms. The molecule has 2 aromatic heterocycles. The molecule has 0 aromatic carbocycles. The topological polar surface area (TPSA) is 105 Å². The van der Waals surface area contributed by atoms with Crippen LogP contribution in [0.3, 0.4) is 0 Å². The van der Waals surface area contributed by atoms with E-state index in [1.165, 1.54) is 6.33 Å². The lowest BCUT2D eigenvalue weighted by Crippen LogP contribution is -2.31. The summed E-state index contributed by atoms with van der Waals surface area (Å²) >= 11 is 0. The summed E-state index contributed by atoms with van der Waals surface area (Å²) in [6, 6.07) is 0. The number of aliphatic hydroxyl groups excluding tert-OH is 2. The average Bonchev–Trinajstić information content (AvgIpc) is 2.74. The van der Waals surface area contributed by atoms with Crippen LogP contribution in [0.25, 0.3) is 11.0 Å². The Kier molecular flexibility index (Phi) is 3.12. The molecule has 0 fully saturated rings. The van der Waals surface area contributed by atoms with Crippen molar-refractivity contribution in [2.75, 3.05) is 25.1 Å². The van der Waals surface area contributed by atoms with E-state index in [0.29, 0.717) is 16.7 Å². The molecule has 2 rings (SSSR count). The molecule has 0 spiro atoms. The van der Waals surface area contributed by atoms with Gasteiger partial charge in [0, 0.05) is 19.8 Å². The van der Waals surface area contributed by atoms with E-state index in [9.17, 15) is 9.90 Å². The maximum atomic E-state index is 11.5. The summed E-state index contributed by atoms with van der Waals surface area (Å²) in [4.78, 5) is 22.6. The van der Waals surface area contributed by atoms with Crippen LogP contribution in [0, 0.1) is 0 Å². The monoisotopic (exact) mass is 238 g/mol. The first-order chi connectivity index (χ1) is 8.13. The Hall–Kier alpha value is -1.86. The number of nitrogens with zero attached hydrogens (tertiary/aromatic N) is 2. The maximum absolute atomic E-state index is 11.5. The molecular formula is C10H14N4O3. The zero-order valence-corrected chi connectivity index (χ0v) is 9.34. The number of anilines is 1. The van der Waals surface area contributed by atoms with Crippen LogP contribution in [0.4, 0.5) is 5.69 Å². The molecular weight excluding hydrogens is 224 g/mol. The van der Waals surface area contributed by atoms with Gasteiger partial charge in [0.15, 0.2) is 0 Å². The van der Waals surface area contributed by atoms with E-state index in [1.54, 1.807) is 18.1 Å². The molecule has 17 heavy (non-hydrogen) atoms. The number of nitrogens with one attached hydrogen (secondary N) is 2. The predicted octanol–water partition coefficient (Wildman–Crippen LogP) is -0.959. The van der Waals surface area contributed by atoms with E-state index in [1.807, 2.05) is 0 Å². The van der Waals surface area contributed by atoms with Gasteiger partial charge in [-0.3, -0.25) is 4.79 Å². The second-order valence-corrected chi connectivity index (χ2v) is 3.85. The van der Waals surface area contributed by atoms with Crippen LogP contribution in [0.2, 0.25) is 0 Å². The fraction of sp³-hybridized carbons (Fsp3) is 0.400. The second kappa shape index (κ2) is 4.56. The SMILES string of the molecule is CN(CC(O)CO)c1c[nH]c2c(=O)[nH]cnc12. The largest absolute Gasteiger partial charge is 0.394 e. The maximum Gasteiger partial charge on any atom is 0.275 e. The van der Waals surface area contributed by atoms with Gasteiger partial charge < -0.3 is 25.1 Å². The number of hydrogen-bond donors (Lipinski definition) is 4. The molecule has 2 aromatic rings. The summed E-state index contributed by atoms with van der Waals surface area (Å²) in [7, 11) is 1.75. The van der Waals surface area contributed by atoms with Gasteiger partial charge in [-0.1, -0.05) is 0 Å². The number of aromatic amines is 2. The Morgan fingerprint density at radius 2 is 2.29 bits per heavy atom. The number of rotatable bonds is 4. The van der Waals surface area contributed by atoms with Crippen molar-refractivity contribution in [3.63, 3.8) is 0 Å². The minimum atomic E-state index is -0.827. The molecule has 4 N–H and O–H groups in total. The van der Waals surface area contributed by atoms with Crippen LogP contribution in [0.15, 0.2) is 17.3 Å². The molecule has 0 radical (unpaired) electrons. The fourth-order valence-electron chi connectivity index (χ4n) is 1.70. The summed E-state index contributed by atoms with van der Waals surface area (Å²) in [6.07, 6.45) is 2.15. The molecule has 0 aliphatic rings. The number of H-pyrrole nitrogens is 2. The molecule has 1 atom stereocenters. The van der Waals surface area contributed by atoms with Crippen molar-refractivity contribution in [3.8, 4) is 0 Å². The molecule has 0 saturated carbocycles. The molecule has 7 heteroatoms. The second-order valence-electron chi connectivity index (χ2n) is 3.85. The van der Waals surface area contributed by atoms with Crippen LogP contribution in [0.1, 0.15) is 0 Å². The number of fused-ring (bicyclic) bond motifs is 1. The Balaban J connectivity index is 2.36. The molecule has 0 amide bonds. The highest BCUT2D eigenvalue weighted by Gasteiger charge is 2.14. The molecule has 1 unspecified atom stereocenters. The first kappa shape index (κ1) is 11.6. The molecule has 7 nitrogen and oxygen atoms in total. The molecule has 92 valence electrons. The van der Waals surface area contributed by atoms with Crippen molar-refractivity contribution < 1.29 is 10.2 Å².